The van der Waals surface area contributed by atoms with Crippen molar-refractivity contribution in [3.05, 3.63) is 51.7 Å². The van der Waals surface area contributed by atoms with Gasteiger partial charge in [0.25, 0.3) is 0 Å². The number of rotatable bonds is 7. The van der Waals surface area contributed by atoms with Crippen LogP contribution in [0.25, 0.3) is 0 Å². The highest BCUT2D eigenvalue weighted by molar-refractivity contribution is 7.89. The van der Waals surface area contributed by atoms with E-state index in [1.165, 1.54) is 0 Å². The van der Waals surface area contributed by atoms with Gasteiger partial charge in [0.05, 0.1) is 4.90 Å². The molecule has 0 unspecified atom stereocenters. The first kappa shape index (κ1) is 16.2. The quantitative estimate of drug-likeness (QED) is 0.823. The van der Waals surface area contributed by atoms with Gasteiger partial charge in [-0.1, -0.05) is 25.1 Å². The van der Waals surface area contributed by atoms with Crippen molar-refractivity contribution in [1.29, 1.82) is 0 Å². The zero-order valence-corrected chi connectivity index (χ0v) is 13.9. The predicted octanol–water partition coefficient (Wildman–Crippen LogP) is 2.51. The molecule has 0 bridgehead atoms. The molecule has 4 nitrogen and oxygen atoms in total. The molecule has 0 radical (unpaired) electrons. The highest BCUT2D eigenvalue weighted by Crippen LogP contribution is 2.19. The number of sulfonamides is 1. The molecule has 0 saturated heterocycles. The van der Waals surface area contributed by atoms with Gasteiger partial charge in [-0.3, -0.25) is 0 Å². The van der Waals surface area contributed by atoms with Crippen LogP contribution in [0.4, 0.5) is 0 Å². The minimum Gasteiger partial charge on any atom is -0.316 e. The van der Waals surface area contributed by atoms with E-state index >= 15 is 0 Å². The Morgan fingerprint density at radius 1 is 1.19 bits per heavy atom. The van der Waals surface area contributed by atoms with E-state index in [9.17, 15) is 8.42 Å². The summed E-state index contributed by atoms with van der Waals surface area (Å²) >= 11 is 1.54. The van der Waals surface area contributed by atoms with E-state index in [1.54, 1.807) is 17.4 Å². The van der Waals surface area contributed by atoms with E-state index in [2.05, 4.69) is 10.0 Å². The summed E-state index contributed by atoms with van der Waals surface area (Å²) in [6, 6.07) is 9.46. The number of thiophene rings is 1. The van der Waals surface area contributed by atoms with Crippen molar-refractivity contribution in [3.8, 4) is 0 Å². The molecule has 0 aliphatic carbocycles. The van der Waals surface area contributed by atoms with Crippen LogP contribution in [-0.4, -0.2) is 15.5 Å². The van der Waals surface area contributed by atoms with Crippen LogP contribution in [-0.2, 0) is 29.5 Å². The summed E-state index contributed by atoms with van der Waals surface area (Å²) in [5.74, 6) is 0. The molecule has 0 aliphatic heterocycles. The number of hydrogen-bond donors (Lipinski definition) is 2. The molecular weight excluding hydrogens is 304 g/mol. The Morgan fingerprint density at radius 3 is 2.62 bits per heavy atom. The number of benzene rings is 1. The van der Waals surface area contributed by atoms with Crippen LogP contribution in [0.3, 0.4) is 0 Å². The van der Waals surface area contributed by atoms with Gasteiger partial charge in [-0.05, 0) is 42.1 Å². The Morgan fingerprint density at radius 2 is 2.00 bits per heavy atom. The van der Waals surface area contributed by atoms with Gasteiger partial charge in [0.15, 0.2) is 0 Å². The van der Waals surface area contributed by atoms with Gasteiger partial charge < -0.3 is 5.32 Å². The van der Waals surface area contributed by atoms with Crippen LogP contribution in [0.1, 0.15) is 22.9 Å². The molecule has 21 heavy (non-hydrogen) atoms. The lowest BCUT2D eigenvalue weighted by Crippen LogP contribution is -2.24. The summed E-state index contributed by atoms with van der Waals surface area (Å²) in [4.78, 5) is 1.39. The maximum absolute atomic E-state index is 12.5. The van der Waals surface area contributed by atoms with E-state index in [0.717, 1.165) is 16.0 Å². The van der Waals surface area contributed by atoms with E-state index in [4.69, 9.17) is 0 Å². The number of aryl methyl sites for hydroxylation is 1. The summed E-state index contributed by atoms with van der Waals surface area (Å²) < 4.78 is 27.8. The number of nitrogens with one attached hydrogen (secondary N) is 2. The topological polar surface area (TPSA) is 58.2 Å². The van der Waals surface area contributed by atoms with Gasteiger partial charge >= 0.3 is 0 Å². The SMILES string of the molecule is CCc1ccc(CNC)cc1S(=O)(=O)NCc1cccs1. The standard InChI is InChI=1S/C15H20N2O2S2/c1-3-13-7-6-12(10-16-2)9-15(13)21(18,19)17-11-14-5-4-8-20-14/h4-9,16-17H,3,10-11H2,1-2H3. The molecule has 2 rings (SSSR count). The first-order valence-electron chi connectivity index (χ1n) is 6.85. The van der Waals surface area contributed by atoms with Gasteiger partial charge in [-0.2, -0.15) is 0 Å². The zero-order valence-electron chi connectivity index (χ0n) is 12.2. The molecule has 1 aromatic heterocycles. The molecular formula is C15H20N2O2S2. The Hall–Kier alpha value is -1.21. The van der Waals surface area contributed by atoms with E-state index in [1.807, 2.05) is 43.6 Å². The maximum atomic E-state index is 12.5. The average molecular weight is 324 g/mol. The molecule has 1 heterocycles. The van der Waals surface area contributed by atoms with Crippen LogP contribution >= 0.6 is 11.3 Å². The van der Waals surface area contributed by atoms with Gasteiger partial charge in [0, 0.05) is 18.0 Å². The predicted molar refractivity (Wildman–Crippen MR) is 86.9 cm³/mol. The van der Waals surface area contributed by atoms with Crippen molar-refractivity contribution < 1.29 is 8.42 Å². The molecule has 114 valence electrons. The molecule has 0 spiro atoms. The summed E-state index contributed by atoms with van der Waals surface area (Å²) in [5, 5.41) is 4.98. The third-order valence-corrected chi connectivity index (χ3v) is 5.56. The van der Waals surface area contributed by atoms with Crippen molar-refractivity contribution in [2.45, 2.75) is 31.3 Å². The first-order chi connectivity index (χ1) is 10.1. The molecule has 1 aromatic carbocycles. The van der Waals surface area contributed by atoms with Crippen LogP contribution in [0.2, 0.25) is 0 Å². The van der Waals surface area contributed by atoms with Gasteiger partial charge in [-0.15, -0.1) is 11.3 Å². The normalized spacial score (nSPS) is 11.7. The Kier molecular flexibility index (Phi) is 5.52. The van der Waals surface area contributed by atoms with Crippen LogP contribution in [0, 0.1) is 0 Å². The van der Waals surface area contributed by atoms with E-state index < -0.39 is 10.0 Å². The van der Waals surface area contributed by atoms with E-state index in [0.29, 0.717) is 24.4 Å². The third-order valence-electron chi connectivity index (χ3n) is 3.20. The van der Waals surface area contributed by atoms with Gasteiger partial charge in [-0.25, -0.2) is 13.1 Å². The fourth-order valence-electron chi connectivity index (χ4n) is 2.11. The van der Waals surface area contributed by atoms with Crippen molar-refractivity contribution in [1.82, 2.24) is 10.0 Å². The van der Waals surface area contributed by atoms with Crippen LogP contribution in [0.5, 0.6) is 0 Å². The lowest BCUT2D eigenvalue weighted by molar-refractivity contribution is 0.580. The van der Waals surface area contributed by atoms with E-state index in [-0.39, 0.29) is 0 Å². The largest absolute Gasteiger partial charge is 0.316 e. The van der Waals surface area contributed by atoms with Crippen molar-refractivity contribution in [2.75, 3.05) is 7.05 Å². The summed E-state index contributed by atoms with van der Waals surface area (Å²) in [5.41, 5.74) is 1.81. The van der Waals surface area contributed by atoms with Crippen molar-refractivity contribution in [2.24, 2.45) is 0 Å². The minimum absolute atomic E-state index is 0.333. The zero-order chi connectivity index (χ0) is 15.3. The third kappa shape index (κ3) is 4.14. The van der Waals surface area contributed by atoms with Gasteiger partial charge in [0.1, 0.15) is 0 Å². The van der Waals surface area contributed by atoms with Crippen LogP contribution in [0.15, 0.2) is 40.6 Å². The Labute approximate surface area is 130 Å². The fourth-order valence-corrected chi connectivity index (χ4v) is 4.21. The summed E-state index contributed by atoms with van der Waals surface area (Å²) in [6.07, 6.45) is 0.690. The number of hydrogen-bond acceptors (Lipinski definition) is 4. The molecule has 6 heteroatoms. The van der Waals surface area contributed by atoms with Crippen LogP contribution < -0.4 is 10.0 Å². The van der Waals surface area contributed by atoms with Crippen molar-refractivity contribution in [3.63, 3.8) is 0 Å². The molecule has 0 amide bonds. The monoisotopic (exact) mass is 324 g/mol. The average Bonchev–Trinajstić information content (AvgIpc) is 2.99. The fraction of sp³-hybridized carbons (Fsp3) is 0.333. The maximum Gasteiger partial charge on any atom is 0.241 e. The Bertz CT molecular complexity index is 680. The second-order valence-electron chi connectivity index (χ2n) is 4.73. The molecule has 0 saturated carbocycles. The minimum atomic E-state index is -3.49. The molecule has 2 aromatic rings. The second kappa shape index (κ2) is 7.17. The molecule has 0 fully saturated rings. The Balaban J connectivity index is 2.26. The summed E-state index contributed by atoms with van der Waals surface area (Å²) in [6.45, 7) is 2.95. The summed E-state index contributed by atoms with van der Waals surface area (Å²) in [7, 11) is -1.65. The molecule has 0 atom stereocenters. The second-order valence-corrected chi connectivity index (χ2v) is 7.50. The smallest absolute Gasteiger partial charge is 0.241 e. The molecule has 2 N–H and O–H groups in total. The lowest BCUT2D eigenvalue weighted by atomic mass is 10.1. The van der Waals surface area contributed by atoms with Crippen molar-refractivity contribution >= 4 is 21.4 Å². The molecule has 0 aliphatic rings. The first-order valence-corrected chi connectivity index (χ1v) is 9.21. The highest BCUT2D eigenvalue weighted by Gasteiger charge is 2.18. The van der Waals surface area contributed by atoms with Gasteiger partial charge in [0.2, 0.25) is 10.0 Å². The lowest BCUT2D eigenvalue weighted by Gasteiger charge is -2.12. The highest BCUT2D eigenvalue weighted by atomic mass is 32.2.